The molecule has 1 aromatic heterocycles. The Labute approximate surface area is 130 Å². The summed E-state index contributed by atoms with van der Waals surface area (Å²) in [5.74, 6) is 6.03. The van der Waals surface area contributed by atoms with Gasteiger partial charge < -0.3 is 5.11 Å². The molecule has 0 unspecified atom stereocenters. The summed E-state index contributed by atoms with van der Waals surface area (Å²) in [6, 6.07) is 8.24. The highest BCUT2D eigenvalue weighted by atomic mass is 32.1. The summed E-state index contributed by atoms with van der Waals surface area (Å²) < 4.78 is 0. The van der Waals surface area contributed by atoms with E-state index in [2.05, 4.69) is 46.3 Å². The van der Waals surface area contributed by atoms with Crippen molar-refractivity contribution in [2.75, 3.05) is 13.7 Å². The normalized spacial score (nSPS) is 10.5. The van der Waals surface area contributed by atoms with Crippen molar-refractivity contribution in [1.82, 2.24) is 9.88 Å². The van der Waals surface area contributed by atoms with E-state index in [1.807, 2.05) is 19.1 Å². The molecule has 0 fully saturated rings. The maximum absolute atomic E-state index is 8.75. The summed E-state index contributed by atoms with van der Waals surface area (Å²) in [4.78, 5) is 6.74. The van der Waals surface area contributed by atoms with Crippen LogP contribution in [0.1, 0.15) is 28.2 Å². The van der Waals surface area contributed by atoms with Crippen LogP contribution in [0.2, 0.25) is 0 Å². The van der Waals surface area contributed by atoms with Gasteiger partial charge in [0, 0.05) is 30.5 Å². The molecule has 21 heavy (non-hydrogen) atoms. The van der Waals surface area contributed by atoms with Crippen molar-refractivity contribution in [1.29, 1.82) is 0 Å². The average Bonchev–Trinajstić information content (AvgIpc) is 2.84. The van der Waals surface area contributed by atoms with Gasteiger partial charge in [0.25, 0.3) is 0 Å². The molecule has 1 heterocycles. The summed E-state index contributed by atoms with van der Waals surface area (Å²) in [6.45, 7) is 3.86. The Bertz CT molecular complexity index is 639. The lowest BCUT2D eigenvalue weighted by molar-refractivity contribution is 0.305. The first-order valence-corrected chi connectivity index (χ1v) is 7.83. The van der Waals surface area contributed by atoms with E-state index in [4.69, 9.17) is 5.11 Å². The second-order valence-electron chi connectivity index (χ2n) is 5.01. The third-order valence-electron chi connectivity index (χ3n) is 2.95. The standard InChI is InChI=1S/C17H20N2OS/c1-14-18-17(13-21-14)12-19(2)11-16-8-5-7-15(10-16)6-3-4-9-20/h5,7-8,10,13,20H,4,9,11-12H2,1-2H3. The zero-order valence-electron chi connectivity index (χ0n) is 12.5. The predicted molar refractivity (Wildman–Crippen MR) is 87.0 cm³/mol. The van der Waals surface area contributed by atoms with E-state index in [9.17, 15) is 0 Å². The highest BCUT2D eigenvalue weighted by Gasteiger charge is 2.05. The van der Waals surface area contributed by atoms with Gasteiger partial charge in [-0.2, -0.15) is 0 Å². The van der Waals surface area contributed by atoms with E-state index in [1.54, 1.807) is 11.3 Å². The van der Waals surface area contributed by atoms with Gasteiger partial charge in [0.1, 0.15) is 0 Å². The zero-order chi connectivity index (χ0) is 15.1. The van der Waals surface area contributed by atoms with Crippen molar-refractivity contribution in [2.45, 2.75) is 26.4 Å². The molecule has 2 aromatic rings. The Kier molecular flexibility index (Phi) is 5.94. The van der Waals surface area contributed by atoms with Crippen molar-refractivity contribution in [2.24, 2.45) is 0 Å². The molecule has 0 aliphatic carbocycles. The van der Waals surface area contributed by atoms with Crippen molar-refractivity contribution >= 4 is 11.3 Å². The molecule has 0 radical (unpaired) electrons. The largest absolute Gasteiger partial charge is 0.395 e. The molecule has 0 saturated heterocycles. The molecular weight excluding hydrogens is 280 g/mol. The van der Waals surface area contributed by atoms with Crippen LogP contribution in [-0.2, 0) is 13.1 Å². The third-order valence-corrected chi connectivity index (χ3v) is 3.77. The van der Waals surface area contributed by atoms with Gasteiger partial charge in [-0.1, -0.05) is 24.0 Å². The van der Waals surface area contributed by atoms with Gasteiger partial charge in [-0.25, -0.2) is 4.98 Å². The molecule has 3 nitrogen and oxygen atoms in total. The van der Waals surface area contributed by atoms with Gasteiger partial charge in [0.05, 0.1) is 17.3 Å². The summed E-state index contributed by atoms with van der Waals surface area (Å²) in [7, 11) is 2.10. The zero-order valence-corrected chi connectivity index (χ0v) is 13.3. The lowest BCUT2D eigenvalue weighted by Crippen LogP contribution is -2.17. The van der Waals surface area contributed by atoms with Crippen molar-refractivity contribution in [3.05, 3.63) is 51.5 Å². The van der Waals surface area contributed by atoms with Crippen molar-refractivity contribution in [3.63, 3.8) is 0 Å². The number of hydrogen-bond donors (Lipinski definition) is 1. The molecule has 0 atom stereocenters. The highest BCUT2D eigenvalue weighted by molar-refractivity contribution is 7.09. The second kappa shape index (κ2) is 7.94. The highest BCUT2D eigenvalue weighted by Crippen LogP contribution is 2.12. The maximum Gasteiger partial charge on any atom is 0.0897 e. The van der Waals surface area contributed by atoms with Crippen LogP contribution in [0, 0.1) is 18.8 Å². The molecule has 0 saturated carbocycles. The number of thiazole rings is 1. The van der Waals surface area contributed by atoms with E-state index >= 15 is 0 Å². The minimum absolute atomic E-state index is 0.114. The van der Waals surface area contributed by atoms with Crippen LogP contribution < -0.4 is 0 Å². The molecule has 110 valence electrons. The fraction of sp³-hybridized carbons (Fsp3) is 0.353. The second-order valence-corrected chi connectivity index (χ2v) is 6.07. The van der Waals surface area contributed by atoms with E-state index in [-0.39, 0.29) is 6.61 Å². The molecule has 0 aliphatic rings. The monoisotopic (exact) mass is 300 g/mol. The Morgan fingerprint density at radius 3 is 2.90 bits per heavy atom. The van der Waals surface area contributed by atoms with Gasteiger partial charge >= 0.3 is 0 Å². The van der Waals surface area contributed by atoms with Gasteiger partial charge in [0.15, 0.2) is 0 Å². The minimum Gasteiger partial charge on any atom is -0.395 e. The Morgan fingerprint density at radius 2 is 2.19 bits per heavy atom. The van der Waals surface area contributed by atoms with Crippen LogP contribution in [0.15, 0.2) is 29.6 Å². The Hall–Kier alpha value is -1.67. The fourth-order valence-electron chi connectivity index (χ4n) is 2.09. The first kappa shape index (κ1) is 15.7. The lowest BCUT2D eigenvalue weighted by Gasteiger charge is -2.15. The van der Waals surface area contributed by atoms with E-state index in [0.717, 1.165) is 29.4 Å². The van der Waals surface area contributed by atoms with Crippen LogP contribution in [0.5, 0.6) is 0 Å². The van der Waals surface area contributed by atoms with E-state index in [1.165, 1.54) is 5.56 Å². The van der Waals surface area contributed by atoms with E-state index in [0.29, 0.717) is 6.42 Å². The predicted octanol–water partition coefficient (Wildman–Crippen LogP) is 2.82. The first-order valence-electron chi connectivity index (χ1n) is 6.95. The van der Waals surface area contributed by atoms with Crippen LogP contribution >= 0.6 is 11.3 Å². The number of aliphatic hydroxyl groups is 1. The maximum atomic E-state index is 8.75. The third kappa shape index (κ3) is 5.31. The number of aromatic nitrogens is 1. The van der Waals surface area contributed by atoms with Gasteiger partial charge in [-0.3, -0.25) is 4.90 Å². The van der Waals surface area contributed by atoms with Crippen molar-refractivity contribution < 1.29 is 5.11 Å². The quantitative estimate of drug-likeness (QED) is 0.863. The molecule has 0 amide bonds. The van der Waals surface area contributed by atoms with Crippen LogP contribution in [0.25, 0.3) is 0 Å². The fourth-order valence-corrected chi connectivity index (χ4v) is 2.70. The number of aliphatic hydroxyl groups excluding tert-OH is 1. The summed E-state index contributed by atoms with van der Waals surface area (Å²) in [5, 5.41) is 12.0. The topological polar surface area (TPSA) is 36.4 Å². The summed E-state index contributed by atoms with van der Waals surface area (Å²) in [6.07, 6.45) is 0.521. The Balaban J connectivity index is 1.96. The van der Waals surface area contributed by atoms with Gasteiger partial charge in [0.2, 0.25) is 0 Å². The summed E-state index contributed by atoms with van der Waals surface area (Å²) in [5.41, 5.74) is 3.36. The van der Waals surface area contributed by atoms with Gasteiger partial charge in [-0.15, -0.1) is 11.3 Å². The van der Waals surface area contributed by atoms with E-state index < -0.39 is 0 Å². The smallest absolute Gasteiger partial charge is 0.0897 e. The average molecular weight is 300 g/mol. The molecule has 1 aromatic carbocycles. The molecule has 0 bridgehead atoms. The number of rotatable bonds is 5. The molecule has 2 rings (SSSR count). The number of aryl methyl sites for hydroxylation is 1. The SMILES string of the molecule is Cc1nc(CN(C)Cc2cccc(C#CCCO)c2)cs1. The molecule has 4 heteroatoms. The summed E-state index contributed by atoms with van der Waals surface area (Å²) >= 11 is 1.69. The number of nitrogens with zero attached hydrogens (tertiary/aromatic N) is 2. The number of hydrogen-bond acceptors (Lipinski definition) is 4. The molecular formula is C17H20N2OS. The molecule has 1 N–H and O–H groups in total. The van der Waals surface area contributed by atoms with Crippen molar-refractivity contribution in [3.8, 4) is 11.8 Å². The lowest BCUT2D eigenvalue weighted by atomic mass is 10.1. The van der Waals surface area contributed by atoms with Gasteiger partial charge in [-0.05, 0) is 31.7 Å². The molecule has 0 aliphatic heterocycles. The number of benzene rings is 1. The van der Waals surface area contributed by atoms with Crippen LogP contribution in [0.4, 0.5) is 0 Å². The Morgan fingerprint density at radius 1 is 1.33 bits per heavy atom. The first-order chi connectivity index (χ1) is 10.2. The van der Waals surface area contributed by atoms with Crippen LogP contribution in [0.3, 0.4) is 0 Å². The minimum atomic E-state index is 0.114. The van der Waals surface area contributed by atoms with Crippen LogP contribution in [-0.4, -0.2) is 28.6 Å². The molecule has 0 spiro atoms.